The molecule has 6 heteroatoms. The molecule has 1 aromatic carbocycles. The van der Waals surface area contributed by atoms with Gasteiger partial charge >= 0.3 is 26.8 Å². The molecule has 0 N–H and O–H groups in total. The largest absolute Gasteiger partial charge is 0.256 e. The maximum atomic E-state index is 8.54. The molecule has 2 rings (SSSR count). The van der Waals surface area contributed by atoms with E-state index < -0.39 is 14.0 Å². The second kappa shape index (κ2) is 6.87. The predicted octanol–water partition coefficient (Wildman–Crippen LogP) is -1.01. The molecule has 0 fully saturated rings. The summed E-state index contributed by atoms with van der Waals surface area (Å²) in [6.07, 6.45) is 1.81. The molecule has 0 unspecified atom stereocenters. The van der Waals surface area contributed by atoms with Crippen LogP contribution in [0.3, 0.4) is 0 Å². The summed E-state index contributed by atoms with van der Waals surface area (Å²) in [5, 5.41) is 1.20. The van der Waals surface area contributed by atoms with Gasteiger partial charge in [-0.3, -0.25) is 4.98 Å². The summed E-state index contributed by atoms with van der Waals surface area (Å²) in [5.41, 5.74) is 1.06. The van der Waals surface area contributed by atoms with Crippen LogP contribution in [0.1, 0.15) is 1.43 Å². The monoisotopic (exact) mass is 249 g/mol. The summed E-state index contributed by atoms with van der Waals surface area (Å²) >= 11 is -3.79. The molecule has 2 aromatic rings. The van der Waals surface area contributed by atoms with E-state index in [1.165, 1.54) is 5.39 Å². The molecule has 1 heterocycles. The van der Waals surface area contributed by atoms with Crippen LogP contribution in [0.25, 0.3) is 10.9 Å². The first-order valence-corrected chi connectivity index (χ1v) is 5.33. The second-order valence-corrected chi connectivity index (χ2v) is 3.04. The summed E-state index contributed by atoms with van der Waals surface area (Å²) in [7, 11) is 0. The first-order valence-electron chi connectivity index (χ1n) is 3.76. The average molecular weight is 249 g/mol. The Balaban J connectivity index is 0. The Morgan fingerprint density at radius 1 is 1.00 bits per heavy atom. The smallest absolute Gasteiger partial charge is 0.0701 e. The van der Waals surface area contributed by atoms with Crippen molar-refractivity contribution < 1.29 is 31.5 Å². The Hall–Kier alpha value is -1.51. The van der Waals surface area contributed by atoms with E-state index in [0.29, 0.717) is 0 Å². The van der Waals surface area contributed by atoms with Crippen LogP contribution in [-0.2, 0) is 25.4 Å². The van der Waals surface area contributed by atoms with Crippen molar-refractivity contribution >= 4 is 10.9 Å². The van der Waals surface area contributed by atoms with Gasteiger partial charge in [0.15, 0.2) is 0 Å². The average Bonchev–Trinajstić information content (AvgIpc) is 2.17. The zero-order valence-corrected chi connectivity index (χ0v) is 8.77. The SMILES string of the molecule is [F-].[H+].[O]=[Cr](=[O])=[O].c1ccc2ncccc2c1. The van der Waals surface area contributed by atoms with Crippen LogP contribution in [-0.4, -0.2) is 4.98 Å². The van der Waals surface area contributed by atoms with Crippen molar-refractivity contribution in [1.82, 2.24) is 4.98 Å². The molecule has 0 amide bonds. The number of para-hydroxylation sites is 1. The molecule has 0 saturated heterocycles. The fourth-order valence-corrected chi connectivity index (χ4v) is 1.02. The Bertz CT molecular complexity index is 460. The van der Waals surface area contributed by atoms with Gasteiger partial charge in [-0.15, -0.1) is 0 Å². The number of benzene rings is 1. The van der Waals surface area contributed by atoms with E-state index in [1.807, 2.05) is 30.5 Å². The fraction of sp³-hybridized carbons (Fsp3) is 0. The summed E-state index contributed by atoms with van der Waals surface area (Å²) in [6, 6.07) is 12.1. The van der Waals surface area contributed by atoms with Crippen LogP contribution in [0, 0.1) is 0 Å². The van der Waals surface area contributed by atoms with Crippen molar-refractivity contribution in [2.45, 2.75) is 0 Å². The van der Waals surface area contributed by atoms with E-state index in [2.05, 4.69) is 17.1 Å². The summed E-state index contributed by atoms with van der Waals surface area (Å²) in [5.74, 6) is 0. The Labute approximate surface area is 90.4 Å². The second-order valence-electron chi connectivity index (χ2n) is 2.40. The Morgan fingerprint density at radius 3 is 2.13 bits per heavy atom. The van der Waals surface area contributed by atoms with Crippen molar-refractivity contribution in [1.29, 1.82) is 0 Å². The molecule has 15 heavy (non-hydrogen) atoms. The van der Waals surface area contributed by atoms with E-state index >= 15 is 0 Å². The van der Waals surface area contributed by atoms with Gasteiger partial charge in [0.05, 0.1) is 5.52 Å². The molecule has 0 atom stereocenters. The minimum Gasteiger partial charge on any atom is -0.256 e. The first-order chi connectivity index (χ1) is 6.70. The maximum absolute atomic E-state index is 8.54. The quantitative estimate of drug-likeness (QED) is 0.600. The van der Waals surface area contributed by atoms with Crippen molar-refractivity contribution in [2.75, 3.05) is 0 Å². The normalized spacial score (nSPS) is 8.27. The van der Waals surface area contributed by atoms with Gasteiger partial charge in [0.25, 0.3) is 0 Å². The maximum Gasteiger partial charge on any atom is 0.0701 e. The molecule has 80 valence electrons. The van der Waals surface area contributed by atoms with E-state index in [9.17, 15) is 0 Å². The van der Waals surface area contributed by atoms with Crippen molar-refractivity contribution in [3.63, 3.8) is 0 Å². The molecule has 0 saturated carbocycles. The van der Waals surface area contributed by atoms with Crippen LogP contribution in [0.4, 0.5) is 0 Å². The number of hydrogen-bond acceptors (Lipinski definition) is 4. The number of fused-ring (bicyclic) bond motifs is 1. The van der Waals surface area contributed by atoms with Gasteiger partial charge in [0.2, 0.25) is 0 Å². The van der Waals surface area contributed by atoms with Gasteiger partial charge < -0.3 is 4.70 Å². The van der Waals surface area contributed by atoms with Gasteiger partial charge in [-0.25, -0.2) is 0 Å². The van der Waals surface area contributed by atoms with Crippen LogP contribution < -0.4 is 4.70 Å². The number of pyridine rings is 1. The number of aromatic nitrogens is 1. The molecule has 4 nitrogen and oxygen atoms in total. The number of hydrogen-bond donors (Lipinski definition) is 0. The van der Waals surface area contributed by atoms with Gasteiger partial charge in [0, 0.05) is 11.6 Å². The molecule has 0 aliphatic heterocycles. The van der Waals surface area contributed by atoms with Crippen LogP contribution in [0.2, 0.25) is 0 Å². The Kier molecular flexibility index (Phi) is 6.18. The van der Waals surface area contributed by atoms with Crippen molar-refractivity contribution in [3.05, 3.63) is 42.6 Å². The van der Waals surface area contributed by atoms with E-state index in [1.54, 1.807) is 0 Å². The number of halogens is 1. The van der Waals surface area contributed by atoms with Gasteiger partial charge in [-0.05, 0) is 12.1 Å². The molecule has 1 aromatic heterocycles. The summed E-state index contributed by atoms with van der Waals surface area (Å²) < 4.78 is 25.6. The van der Waals surface area contributed by atoms with Gasteiger partial charge in [-0.1, -0.05) is 24.3 Å². The van der Waals surface area contributed by atoms with Crippen LogP contribution in [0.5, 0.6) is 0 Å². The Morgan fingerprint density at radius 2 is 1.53 bits per heavy atom. The molecule has 0 spiro atoms. The molecular formula is C9H8CrFNO3. The third kappa shape index (κ3) is 5.06. The first kappa shape index (κ1) is 13.5. The summed E-state index contributed by atoms with van der Waals surface area (Å²) in [4.78, 5) is 4.18. The van der Waals surface area contributed by atoms with E-state index in [0.717, 1.165) is 5.52 Å². The van der Waals surface area contributed by atoms with E-state index in [4.69, 9.17) is 11.4 Å². The molecule has 0 bridgehead atoms. The third-order valence-electron chi connectivity index (χ3n) is 1.51. The zero-order valence-electron chi connectivity index (χ0n) is 8.50. The van der Waals surface area contributed by atoms with Gasteiger partial charge in [0.1, 0.15) is 0 Å². The number of nitrogens with zero attached hydrogens (tertiary/aromatic N) is 1. The van der Waals surface area contributed by atoms with Crippen LogP contribution in [0.15, 0.2) is 42.6 Å². The zero-order chi connectivity index (χ0) is 10.4. The van der Waals surface area contributed by atoms with Gasteiger partial charge in [-0.2, -0.15) is 0 Å². The van der Waals surface area contributed by atoms with Crippen molar-refractivity contribution in [2.24, 2.45) is 0 Å². The minimum absolute atomic E-state index is 0. The fourth-order valence-electron chi connectivity index (χ4n) is 1.02. The number of rotatable bonds is 0. The van der Waals surface area contributed by atoms with Crippen molar-refractivity contribution in [3.8, 4) is 0 Å². The van der Waals surface area contributed by atoms with E-state index in [-0.39, 0.29) is 6.13 Å². The topological polar surface area (TPSA) is 64.1 Å². The minimum atomic E-state index is -3.79. The predicted molar refractivity (Wildman–Crippen MR) is 44.9 cm³/mol. The molecule has 0 aliphatic carbocycles. The van der Waals surface area contributed by atoms with Crippen LogP contribution >= 0.6 is 0 Å². The standard InChI is InChI=1S/C9H7N.Cr.FH.3O/c1-2-6-9-8(4-1)5-3-7-10-9;;;;;/h1-7H;;1H;;;. The molecular weight excluding hydrogens is 241 g/mol. The summed E-state index contributed by atoms with van der Waals surface area (Å²) in [6.45, 7) is 0. The molecule has 0 radical (unpaired) electrons. The third-order valence-corrected chi connectivity index (χ3v) is 1.51. The molecule has 0 aliphatic rings.